The Kier molecular flexibility index (Phi) is 7.90. The maximum absolute atomic E-state index is 13.4. The highest BCUT2D eigenvalue weighted by atomic mass is 35.5. The highest BCUT2D eigenvalue weighted by Gasteiger charge is 2.07. The highest BCUT2D eigenvalue weighted by Crippen LogP contribution is 2.19. The van der Waals surface area contributed by atoms with Crippen molar-refractivity contribution in [2.24, 2.45) is 0 Å². The van der Waals surface area contributed by atoms with Crippen molar-refractivity contribution in [3.05, 3.63) is 34.4 Å². The van der Waals surface area contributed by atoms with Crippen LogP contribution in [-0.4, -0.2) is 33.4 Å². The zero-order valence-corrected chi connectivity index (χ0v) is 11.7. The molecule has 1 aromatic carbocycles. The van der Waals surface area contributed by atoms with Gasteiger partial charge in [0.2, 0.25) is 0 Å². The van der Waals surface area contributed by atoms with Crippen LogP contribution < -0.4 is 10.6 Å². The second-order valence-electron chi connectivity index (χ2n) is 4.13. The van der Waals surface area contributed by atoms with Crippen LogP contribution in [-0.2, 0) is 11.3 Å². The number of benzene rings is 1. The van der Waals surface area contributed by atoms with Crippen molar-refractivity contribution in [3.8, 4) is 0 Å². The molecular formula is C13H19ClF2N2O. The lowest BCUT2D eigenvalue weighted by atomic mass is 10.2. The summed E-state index contributed by atoms with van der Waals surface area (Å²) in [5.41, 5.74) is 0.286. The molecule has 2 N–H and O–H groups in total. The van der Waals surface area contributed by atoms with E-state index in [2.05, 4.69) is 10.6 Å². The van der Waals surface area contributed by atoms with E-state index < -0.39 is 11.6 Å². The summed E-state index contributed by atoms with van der Waals surface area (Å²) >= 11 is 5.48. The summed E-state index contributed by atoms with van der Waals surface area (Å²) < 4.78 is 31.5. The lowest BCUT2D eigenvalue weighted by Gasteiger charge is -2.08. The fraction of sp³-hybridized carbons (Fsp3) is 0.538. The molecule has 0 amide bonds. The first kappa shape index (κ1) is 16.3. The first-order valence-corrected chi connectivity index (χ1v) is 6.56. The Morgan fingerprint density at radius 1 is 1.11 bits per heavy atom. The van der Waals surface area contributed by atoms with Crippen molar-refractivity contribution in [1.82, 2.24) is 10.6 Å². The van der Waals surface area contributed by atoms with Crippen LogP contribution in [0, 0.1) is 11.6 Å². The zero-order valence-electron chi connectivity index (χ0n) is 10.9. The third kappa shape index (κ3) is 6.29. The van der Waals surface area contributed by atoms with Crippen molar-refractivity contribution >= 4 is 11.6 Å². The number of hydrogen-bond acceptors (Lipinski definition) is 3. The van der Waals surface area contributed by atoms with Gasteiger partial charge < -0.3 is 15.4 Å². The van der Waals surface area contributed by atoms with Gasteiger partial charge in [0.15, 0.2) is 0 Å². The Morgan fingerprint density at radius 3 is 2.58 bits per heavy atom. The summed E-state index contributed by atoms with van der Waals surface area (Å²) in [6.45, 7) is 3.37. The van der Waals surface area contributed by atoms with Crippen LogP contribution in [0.4, 0.5) is 8.78 Å². The second-order valence-corrected chi connectivity index (χ2v) is 4.54. The molecule has 0 aromatic heterocycles. The van der Waals surface area contributed by atoms with Crippen LogP contribution in [0.25, 0.3) is 0 Å². The molecular weight excluding hydrogens is 274 g/mol. The highest BCUT2D eigenvalue weighted by molar-refractivity contribution is 6.30. The van der Waals surface area contributed by atoms with Crippen molar-refractivity contribution in [2.45, 2.75) is 13.0 Å². The van der Waals surface area contributed by atoms with Crippen LogP contribution in [0.1, 0.15) is 12.0 Å². The van der Waals surface area contributed by atoms with E-state index in [1.807, 2.05) is 0 Å². The molecule has 0 saturated heterocycles. The van der Waals surface area contributed by atoms with E-state index >= 15 is 0 Å². The standard InChI is InChI=1S/C13H19ClF2N2O/c1-19-6-5-17-3-2-4-18-9-10-7-13(16)11(14)8-12(10)15/h7-8,17-18H,2-6,9H2,1H3. The molecule has 0 bridgehead atoms. The van der Waals surface area contributed by atoms with Gasteiger partial charge >= 0.3 is 0 Å². The normalized spacial score (nSPS) is 10.9. The third-order valence-corrected chi connectivity index (χ3v) is 2.88. The molecule has 0 aliphatic rings. The summed E-state index contributed by atoms with van der Waals surface area (Å²) in [5, 5.41) is 6.06. The predicted octanol–water partition coefficient (Wildman–Crippen LogP) is 2.33. The van der Waals surface area contributed by atoms with Gasteiger partial charge in [-0.2, -0.15) is 0 Å². The van der Waals surface area contributed by atoms with Gasteiger partial charge in [-0.05, 0) is 31.6 Å². The summed E-state index contributed by atoms with van der Waals surface area (Å²) in [6.07, 6.45) is 0.904. The average Bonchev–Trinajstić information content (AvgIpc) is 2.38. The molecule has 0 unspecified atom stereocenters. The smallest absolute Gasteiger partial charge is 0.142 e. The molecule has 0 aliphatic carbocycles. The molecule has 0 spiro atoms. The Morgan fingerprint density at radius 2 is 1.84 bits per heavy atom. The summed E-state index contributed by atoms with van der Waals surface area (Å²) in [7, 11) is 1.66. The van der Waals surface area contributed by atoms with E-state index in [4.69, 9.17) is 16.3 Å². The molecule has 0 atom stereocenters. The second kappa shape index (κ2) is 9.20. The number of hydrogen-bond donors (Lipinski definition) is 2. The van der Waals surface area contributed by atoms with E-state index in [1.165, 1.54) is 0 Å². The van der Waals surface area contributed by atoms with Crippen molar-refractivity contribution in [2.75, 3.05) is 33.4 Å². The minimum atomic E-state index is -0.596. The topological polar surface area (TPSA) is 33.3 Å². The molecule has 0 saturated carbocycles. The van der Waals surface area contributed by atoms with Crippen LogP contribution in [0.3, 0.4) is 0 Å². The third-order valence-electron chi connectivity index (χ3n) is 2.59. The molecule has 108 valence electrons. The molecule has 19 heavy (non-hydrogen) atoms. The van der Waals surface area contributed by atoms with Crippen molar-refractivity contribution in [3.63, 3.8) is 0 Å². The predicted molar refractivity (Wildman–Crippen MR) is 72.4 cm³/mol. The minimum absolute atomic E-state index is 0.191. The first-order chi connectivity index (χ1) is 9.15. The van der Waals surface area contributed by atoms with E-state index in [0.29, 0.717) is 6.61 Å². The van der Waals surface area contributed by atoms with Gasteiger partial charge in [0.05, 0.1) is 11.6 Å². The SMILES string of the molecule is COCCNCCCNCc1cc(F)c(Cl)cc1F. The fourth-order valence-corrected chi connectivity index (χ4v) is 1.71. The maximum atomic E-state index is 13.4. The largest absolute Gasteiger partial charge is 0.383 e. The lowest BCUT2D eigenvalue weighted by molar-refractivity contribution is 0.199. The molecule has 1 rings (SSSR count). The zero-order chi connectivity index (χ0) is 14.1. The molecule has 1 aromatic rings. The fourth-order valence-electron chi connectivity index (χ4n) is 1.56. The number of nitrogens with one attached hydrogen (secondary N) is 2. The Labute approximate surface area is 117 Å². The lowest BCUT2D eigenvalue weighted by Crippen LogP contribution is -2.24. The van der Waals surface area contributed by atoms with Crippen molar-refractivity contribution < 1.29 is 13.5 Å². The molecule has 0 heterocycles. The Hall–Kier alpha value is -0.750. The molecule has 0 radical (unpaired) electrons. The molecule has 0 aliphatic heterocycles. The average molecular weight is 293 g/mol. The molecule has 0 fully saturated rings. The van der Waals surface area contributed by atoms with E-state index in [1.54, 1.807) is 7.11 Å². The van der Waals surface area contributed by atoms with Gasteiger partial charge in [0.25, 0.3) is 0 Å². The van der Waals surface area contributed by atoms with Gasteiger partial charge in [0.1, 0.15) is 11.6 Å². The van der Waals surface area contributed by atoms with E-state index in [0.717, 1.165) is 38.2 Å². The summed E-state index contributed by atoms with van der Waals surface area (Å²) in [5.74, 6) is -1.08. The minimum Gasteiger partial charge on any atom is -0.383 e. The maximum Gasteiger partial charge on any atom is 0.142 e. The number of rotatable bonds is 9. The van der Waals surface area contributed by atoms with Crippen LogP contribution in [0.15, 0.2) is 12.1 Å². The summed E-state index contributed by atoms with van der Waals surface area (Å²) in [6, 6.07) is 2.13. The quantitative estimate of drug-likeness (QED) is 0.541. The van der Waals surface area contributed by atoms with Crippen molar-refractivity contribution in [1.29, 1.82) is 0 Å². The first-order valence-electron chi connectivity index (χ1n) is 6.19. The summed E-state index contributed by atoms with van der Waals surface area (Å²) in [4.78, 5) is 0. The number of halogens is 3. The molecule has 6 heteroatoms. The molecule has 3 nitrogen and oxygen atoms in total. The van der Waals surface area contributed by atoms with Gasteiger partial charge in [0, 0.05) is 25.8 Å². The van der Waals surface area contributed by atoms with Crippen LogP contribution in [0.5, 0.6) is 0 Å². The van der Waals surface area contributed by atoms with Gasteiger partial charge in [-0.15, -0.1) is 0 Å². The van der Waals surface area contributed by atoms with Gasteiger partial charge in [-0.25, -0.2) is 8.78 Å². The van der Waals surface area contributed by atoms with Crippen LogP contribution in [0.2, 0.25) is 5.02 Å². The monoisotopic (exact) mass is 292 g/mol. The van der Waals surface area contributed by atoms with Crippen LogP contribution >= 0.6 is 11.6 Å². The Bertz CT molecular complexity index is 391. The van der Waals surface area contributed by atoms with Gasteiger partial charge in [-0.3, -0.25) is 0 Å². The number of ether oxygens (including phenoxy) is 1. The van der Waals surface area contributed by atoms with Gasteiger partial charge in [-0.1, -0.05) is 11.6 Å². The Balaban J connectivity index is 2.17. The number of methoxy groups -OCH3 is 1. The van der Waals surface area contributed by atoms with E-state index in [-0.39, 0.29) is 17.1 Å². The van der Waals surface area contributed by atoms with E-state index in [9.17, 15) is 8.78 Å².